The van der Waals surface area contributed by atoms with Crippen molar-refractivity contribution in [3.63, 3.8) is 0 Å². The van der Waals surface area contributed by atoms with Crippen LogP contribution in [0.25, 0.3) is 0 Å². The lowest BCUT2D eigenvalue weighted by Gasteiger charge is -2.36. The molecule has 1 unspecified atom stereocenters. The fourth-order valence-electron chi connectivity index (χ4n) is 4.84. The average molecular weight is 516 g/mol. The number of carbonyl (C=O) groups is 1. The highest BCUT2D eigenvalue weighted by Gasteiger charge is 2.29. The van der Waals surface area contributed by atoms with Crippen LogP contribution in [-0.4, -0.2) is 55.8 Å². The van der Waals surface area contributed by atoms with Crippen molar-refractivity contribution in [2.24, 2.45) is 0 Å². The van der Waals surface area contributed by atoms with Crippen molar-refractivity contribution in [3.8, 4) is 11.8 Å². The summed E-state index contributed by atoms with van der Waals surface area (Å²) in [5.74, 6) is 0.783. The Hall–Kier alpha value is -2.60. The van der Waals surface area contributed by atoms with Gasteiger partial charge in [0.25, 0.3) is 0 Å². The van der Waals surface area contributed by atoms with Crippen LogP contribution in [0.4, 0.5) is 0 Å². The van der Waals surface area contributed by atoms with Gasteiger partial charge < -0.3 is 9.64 Å². The Morgan fingerprint density at radius 1 is 1.00 bits per heavy atom. The first-order valence-corrected chi connectivity index (χ1v) is 13.9. The SMILES string of the molecule is N#Cc1ccc(S(=O)(=O)N2CCCC(=O)N3CCCCC3CCc3cccc(c3)OCC2)c(Cl)c1. The van der Waals surface area contributed by atoms with E-state index in [1.807, 2.05) is 29.2 Å². The summed E-state index contributed by atoms with van der Waals surface area (Å²) >= 11 is 6.24. The molecule has 1 saturated heterocycles. The Labute approximate surface area is 212 Å². The summed E-state index contributed by atoms with van der Waals surface area (Å²) in [6, 6.07) is 14.2. The van der Waals surface area contributed by atoms with Gasteiger partial charge in [0.05, 0.1) is 16.7 Å². The lowest BCUT2D eigenvalue weighted by molar-refractivity contribution is -0.135. The summed E-state index contributed by atoms with van der Waals surface area (Å²) in [6.07, 6.45) is 5.59. The standard InChI is InChI=1S/C26H30ClN3O4S/c27-24-18-21(19-28)10-12-25(24)35(32,33)29-13-4-8-26(31)30-14-2-1-6-22(30)11-9-20-5-3-7-23(17-20)34-16-15-29/h3,5,7,10,12,17-18,22H,1-2,4,6,8-9,11,13-16H2. The largest absolute Gasteiger partial charge is 0.492 e. The van der Waals surface area contributed by atoms with Crippen molar-refractivity contribution in [2.75, 3.05) is 26.2 Å². The van der Waals surface area contributed by atoms with E-state index in [2.05, 4.69) is 6.07 Å². The van der Waals surface area contributed by atoms with E-state index >= 15 is 0 Å². The first-order valence-electron chi connectivity index (χ1n) is 12.1. The predicted molar refractivity (Wildman–Crippen MR) is 134 cm³/mol. The van der Waals surface area contributed by atoms with Crippen molar-refractivity contribution >= 4 is 27.5 Å². The molecule has 1 fully saturated rings. The lowest BCUT2D eigenvalue weighted by Crippen LogP contribution is -2.44. The molecular formula is C26H30ClN3O4S. The summed E-state index contributed by atoms with van der Waals surface area (Å²) in [7, 11) is -3.95. The van der Waals surface area contributed by atoms with Gasteiger partial charge in [-0.2, -0.15) is 9.57 Å². The number of fused-ring (bicyclic) bond motifs is 3. The fraction of sp³-hybridized carbons (Fsp3) is 0.462. The molecule has 1 atom stereocenters. The van der Waals surface area contributed by atoms with E-state index in [-0.39, 0.29) is 53.5 Å². The third-order valence-electron chi connectivity index (χ3n) is 6.70. The predicted octanol–water partition coefficient (Wildman–Crippen LogP) is 4.39. The van der Waals surface area contributed by atoms with E-state index in [4.69, 9.17) is 21.6 Å². The van der Waals surface area contributed by atoms with E-state index in [0.717, 1.165) is 44.2 Å². The van der Waals surface area contributed by atoms with Crippen LogP contribution in [0.3, 0.4) is 0 Å². The number of nitriles is 1. The maximum absolute atomic E-state index is 13.5. The topological polar surface area (TPSA) is 90.7 Å². The van der Waals surface area contributed by atoms with Crippen LogP contribution in [0.15, 0.2) is 47.4 Å². The molecule has 9 heteroatoms. The number of aryl methyl sites for hydroxylation is 1. The van der Waals surface area contributed by atoms with Crippen molar-refractivity contribution in [1.82, 2.24) is 9.21 Å². The monoisotopic (exact) mass is 515 g/mol. The second-order valence-electron chi connectivity index (χ2n) is 9.04. The third kappa shape index (κ3) is 6.16. The van der Waals surface area contributed by atoms with Crippen LogP contribution in [0.1, 0.15) is 49.7 Å². The molecule has 0 saturated carbocycles. The second kappa shape index (κ2) is 11.4. The Kier molecular flexibility index (Phi) is 8.32. The summed E-state index contributed by atoms with van der Waals surface area (Å²) in [4.78, 5) is 15.0. The van der Waals surface area contributed by atoms with E-state index in [9.17, 15) is 13.2 Å². The van der Waals surface area contributed by atoms with Crippen LogP contribution in [0.2, 0.25) is 5.02 Å². The molecule has 1 amide bonds. The number of hydrogen-bond acceptors (Lipinski definition) is 5. The summed E-state index contributed by atoms with van der Waals surface area (Å²) in [5, 5.41) is 9.09. The Morgan fingerprint density at radius 3 is 2.66 bits per heavy atom. The minimum Gasteiger partial charge on any atom is -0.492 e. The number of sulfonamides is 1. The van der Waals surface area contributed by atoms with Gasteiger partial charge >= 0.3 is 0 Å². The number of hydrogen-bond donors (Lipinski definition) is 0. The van der Waals surface area contributed by atoms with Crippen molar-refractivity contribution in [2.45, 2.75) is 55.9 Å². The fourth-order valence-corrected chi connectivity index (χ4v) is 6.82. The molecule has 2 aromatic rings. The summed E-state index contributed by atoms with van der Waals surface area (Å²) in [5.41, 5.74) is 1.43. The zero-order chi connectivity index (χ0) is 24.8. The molecule has 2 aliphatic rings. The zero-order valence-electron chi connectivity index (χ0n) is 19.7. The molecule has 2 bridgehead atoms. The van der Waals surface area contributed by atoms with Crippen molar-refractivity contribution in [3.05, 3.63) is 58.6 Å². The van der Waals surface area contributed by atoms with Gasteiger partial charge in [0.15, 0.2) is 0 Å². The number of benzene rings is 2. The average Bonchev–Trinajstić information content (AvgIpc) is 2.86. The molecule has 186 valence electrons. The third-order valence-corrected chi connectivity index (χ3v) is 9.08. The Bertz CT molecular complexity index is 1210. The molecule has 35 heavy (non-hydrogen) atoms. The normalized spacial score (nSPS) is 20.6. The minimum atomic E-state index is -3.95. The first kappa shape index (κ1) is 25.5. The van der Waals surface area contributed by atoms with Crippen LogP contribution < -0.4 is 4.74 Å². The Morgan fingerprint density at radius 2 is 1.86 bits per heavy atom. The van der Waals surface area contributed by atoms with Crippen molar-refractivity contribution in [1.29, 1.82) is 5.26 Å². The first-order chi connectivity index (χ1) is 16.9. The molecule has 0 aromatic heterocycles. The van der Waals surface area contributed by atoms with Gasteiger partial charge in [-0.25, -0.2) is 8.42 Å². The maximum Gasteiger partial charge on any atom is 0.244 e. The highest BCUT2D eigenvalue weighted by Crippen LogP contribution is 2.27. The number of ether oxygens (including phenoxy) is 1. The molecule has 2 aliphatic heterocycles. The Balaban J connectivity index is 1.59. The van der Waals surface area contributed by atoms with Crippen LogP contribution in [-0.2, 0) is 21.2 Å². The van der Waals surface area contributed by atoms with Crippen molar-refractivity contribution < 1.29 is 17.9 Å². The van der Waals surface area contributed by atoms with Gasteiger partial charge in [-0.3, -0.25) is 4.79 Å². The lowest BCUT2D eigenvalue weighted by atomic mass is 9.95. The molecule has 7 nitrogen and oxygen atoms in total. The molecule has 0 spiro atoms. The molecular weight excluding hydrogens is 486 g/mol. The summed E-state index contributed by atoms with van der Waals surface area (Å²) < 4.78 is 34.2. The highest BCUT2D eigenvalue weighted by atomic mass is 35.5. The minimum absolute atomic E-state index is 0.000737. The van der Waals surface area contributed by atoms with Gasteiger partial charge in [-0.05, 0) is 74.4 Å². The number of halogens is 1. The molecule has 0 aliphatic carbocycles. The quantitative estimate of drug-likeness (QED) is 0.591. The molecule has 0 N–H and O–H groups in total. The molecule has 2 aromatic carbocycles. The molecule has 4 rings (SSSR count). The van der Waals surface area contributed by atoms with Crippen LogP contribution in [0.5, 0.6) is 5.75 Å². The van der Waals surface area contributed by atoms with Gasteiger partial charge in [0.1, 0.15) is 17.3 Å². The van der Waals surface area contributed by atoms with Gasteiger partial charge in [-0.15, -0.1) is 0 Å². The number of rotatable bonds is 2. The molecule has 0 radical (unpaired) electrons. The maximum atomic E-state index is 13.5. The van der Waals surface area contributed by atoms with E-state index in [0.29, 0.717) is 12.2 Å². The van der Waals surface area contributed by atoms with E-state index < -0.39 is 10.0 Å². The van der Waals surface area contributed by atoms with E-state index in [1.165, 1.54) is 22.5 Å². The molecule has 2 heterocycles. The van der Waals surface area contributed by atoms with Gasteiger partial charge in [0.2, 0.25) is 15.9 Å². The number of amides is 1. The zero-order valence-corrected chi connectivity index (χ0v) is 21.2. The van der Waals surface area contributed by atoms with Gasteiger partial charge in [0, 0.05) is 32.1 Å². The number of nitrogens with zero attached hydrogens (tertiary/aromatic N) is 3. The van der Waals surface area contributed by atoms with Gasteiger partial charge in [-0.1, -0.05) is 23.7 Å². The van der Waals surface area contributed by atoms with Crippen LogP contribution in [0, 0.1) is 11.3 Å². The van der Waals surface area contributed by atoms with Crippen LogP contribution >= 0.6 is 11.6 Å². The smallest absolute Gasteiger partial charge is 0.244 e. The second-order valence-corrected chi connectivity index (χ2v) is 11.3. The number of piperidine rings is 1. The highest BCUT2D eigenvalue weighted by molar-refractivity contribution is 7.89. The number of carbonyl (C=O) groups excluding carboxylic acids is 1. The summed E-state index contributed by atoms with van der Waals surface area (Å²) in [6.45, 7) is 1.21. The van der Waals surface area contributed by atoms with E-state index in [1.54, 1.807) is 0 Å².